The highest BCUT2D eigenvalue weighted by molar-refractivity contribution is 6.33. The van der Waals surface area contributed by atoms with Crippen LogP contribution in [0.15, 0.2) is 48.5 Å². The molecule has 0 heterocycles. The minimum atomic E-state index is -0.257. The summed E-state index contributed by atoms with van der Waals surface area (Å²) in [4.78, 5) is 11.9. The van der Waals surface area contributed by atoms with E-state index in [1.807, 2.05) is 6.07 Å². The summed E-state index contributed by atoms with van der Waals surface area (Å²) in [6.45, 7) is 0. The molecular formula is C14H9ClN2O. The van der Waals surface area contributed by atoms with E-state index in [0.717, 1.165) is 0 Å². The number of carbonyl (C=O) groups excluding carboxylic acids is 1. The summed E-state index contributed by atoms with van der Waals surface area (Å²) in [6.07, 6.45) is 0. The van der Waals surface area contributed by atoms with Gasteiger partial charge in [0.1, 0.15) is 0 Å². The first-order chi connectivity index (χ1) is 8.70. The molecule has 0 aliphatic rings. The second-order valence-corrected chi connectivity index (χ2v) is 4.03. The Labute approximate surface area is 110 Å². The molecule has 0 fully saturated rings. The smallest absolute Gasteiger partial charge is 0.255 e. The molecule has 0 atom stereocenters. The van der Waals surface area contributed by atoms with Gasteiger partial charge in [-0.05, 0) is 36.4 Å². The number of benzene rings is 2. The third-order valence-corrected chi connectivity index (χ3v) is 2.73. The van der Waals surface area contributed by atoms with E-state index in [4.69, 9.17) is 16.9 Å². The molecule has 0 aromatic heterocycles. The van der Waals surface area contributed by atoms with E-state index in [0.29, 0.717) is 21.8 Å². The van der Waals surface area contributed by atoms with Crippen molar-refractivity contribution in [3.63, 3.8) is 0 Å². The molecule has 0 aliphatic heterocycles. The molecule has 0 radical (unpaired) electrons. The predicted molar refractivity (Wildman–Crippen MR) is 70.6 cm³/mol. The second kappa shape index (κ2) is 5.35. The molecule has 0 spiro atoms. The minimum absolute atomic E-state index is 0.257. The van der Waals surface area contributed by atoms with E-state index in [2.05, 4.69) is 5.32 Å². The van der Waals surface area contributed by atoms with Crippen LogP contribution in [0.3, 0.4) is 0 Å². The van der Waals surface area contributed by atoms with Crippen LogP contribution >= 0.6 is 11.6 Å². The van der Waals surface area contributed by atoms with Crippen molar-refractivity contribution in [3.05, 3.63) is 64.7 Å². The molecule has 88 valence electrons. The van der Waals surface area contributed by atoms with Crippen molar-refractivity contribution in [2.45, 2.75) is 0 Å². The Morgan fingerprint density at radius 1 is 1.11 bits per heavy atom. The van der Waals surface area contributed by atoms with Crippen molar-refractivity contribution in [1.29, 1.82) is 5.26 Å². The van der Waals surface area contributed by atoms with Crippen molar-refractivity contribution in [2.24, 2.45) is 0 Å². The molecule has 0 saturated carbocycles. The van der Waals surface area contributed by atoms with Crippen LogP contribution in [-0.4, -0.2) is 5.91 Å². The fourth-order valence-corrected chi connectivity index (χ4v) is 1.64. The molecular weight excluding hydrogens is 248 g/mol. The number of nitriles is 1. The number of hydrogen-bond acceptors (Lipinski definition) is 2. The summed E-state index contributed by atoms with van der Waals surface area (Å²) in [7, 11) is 0. The second-order valence-electron chi connectivity index (χ2n) is 3.62. The number of hydrogen-bond donors (Lipinski definition) is 1. The number of anilines is 1. The maximum absolute atomic E-state index is 11.9. The molecule has 0 bridgehead atoms. The molecule has 0 unspecified atom stereocenters. The Morgan fingerprint density at radius 3 is 2.39 bits per heavy atom. The minimum Gasteiger partial charge on any atom is -0.321 e. The highest BCUT2D eigenvalue weighted by atomic mass is 35.5. The van der Waals surface area contributed by atoms with E-state index in [-0.39, 0.29) is 5.91 Å². The van der Waals surface area contributed by atoms with Crippen LogP contribution in [0.4, 0.5) is 5.69 Å². The Morgan fingerprint density at radius 2 is 1.78 bits per heavy atom. The van der Waals surface area contributed by atoms with Crippen LogP contribution in [0.5, 0.6) is 0 Å². The lowest BCUT2D eigenvalue weighted by Gasteiger charge is -2.06. The molecule has 0 saturated heterocycles. The van der Waals surface area contributed by atoms with Gasteiger partial charge in [-0.25, -0.2) is 0 Å². The average Bonchev–Trinajstić information content (AvgIpc) is 2.41. The number of amides is 1. The highest BCUT2D eigenvalue weighted by Gasteiger charge is 2.07. The topological polar surface area (TPSA) is 52.9 Å². The fraction of sp³-hybridized carbons (Fsp3) is 0. The first-order valence-electron chi connectivity index (χ1n) is 5.27. The molecule has 2 rings (SSSR count). The third kappa shape index (κ3) is 2.68. The van der Waals surface area contributed by atoms with Crippen molar-refractivity contribution >= 4 is 23.2 Å². The molecule has 4 heteroatoms. The van der Waals surface area contributed by atoms with Crippen LogP contribution < -0.4 is 5.32 Å². The Bertz CT molecular complexity index is 614. The number of nitrogens with one attached hydrogen (secondary N) is 1. The lowest BCUT2D eigenvalue weighted by atomic mass is 10.1. The molecule has 1 N–H and O–H groups in total. The lowest BCUT2D eigenvalue weighted by Crippen LogP contribution is -2.11. The number of carbonyl (C=O) groups is 1. The Kier molecular flexibility index (Phi) is 3.61. The average molecular weight is 257 g/mol. The quantitative estimate of drug-likeness (QED) is 0.895. The summed E-state index contributed by atoms with van der Waals surface area (Å²) in [5.41, 5.74) is 1.56. The van der Waals surface area contributed by atoms with Gasteiger partial charge in [0.15, 0.2) is 0 Å². The third-order valence-electron chi connectivity index (χ3n) is 2.40. The molecule has 3 nitrogen and oxygen atoms in total. The molecule has 1 amide bonds. The van der Waals surface area contributed by atoms with Gasteiger partial charge in [-0.1, -0.05) is 23.7 Å². The number of para-hydroxylation sites is 1. The molecule has 2 aromatic carbocycles. The van der Waals surface area contributed by atoms with Gasteiger partial charge in [0.05, 0.1) is 22.3 Å². The van der Waals surface area contributed by atoms with E-state index in [1.54, 1.807) is 48.5 Å². The van der Waals surface area contributed by atoms with Gasteiger partial charge in [-0.3, -0.25) is 4.79 Å². The molecule has 2 aromatic rings. The summed E-state index contributed by atoms with van der Waals surface area (Å²) in [6, 6.07) is 15.4. The summed E-state index contributed by atoms with van der Waals surface area (Å²) < 4.78 is 0. The van der Waals surface area contributed by atoms with Gasteiger partial charge in [0.25, 0.3) is 5.91 Å². The van der Waals surface area contributed by atoms with Crippen LogP contribution in [-0.2, 0) is 0 Å². The number of halogens is 1. The van der Waals surface area contributed by atoms with Crippen LogP contribution in [0.2, 0.25) is 5.02 Å². The van der Waals surface area contributed by atoms with E-state index in [9.17, 15) is 4.79 Å². The van der Waals surface area contributed by atoms with Gasteiger partial charge < -0.3 is 5.32 Å². The van der Waals surface area contributed by atoms with Gasteiger partial charge in [0.2, 0.25) is 0 Å². The van der Waals surface area contributed by atoms with E-state index in [1.165, 1.54) is 0 Å². The van der Waals surface area contributed by atoms with Crippen LogP contribution in [0, 0.1) is 11.3 Å². The summed E-state index contributed by atoms with van der Waals surface area (Å²) >= 11 is 5.95. The normalized spacial score (nSPS) is 9.56. The Balaban J connectivity index is 2.17. The number of rotatable bonds is 2. The van der Waals surface area contributed by atoms with Gasteiger partial charge >= 0.3 is 0 Å². The lowest BCUT2D eigenvalue weighted by molar-refractivity contribution is 0.102. The maximum Gasteiger partial charge on any atom is 0.255 e. The summed E-state index contributed by atoms with van der Waals surface area (Å²) in [5, 5.41) is 11.9. The van der Waals surface area contributed by atoms with Crippen LogP contribution in [0.1, 0.15) is 15.9 Å². The summed E-state index contributed by atoms with van der Waals surface area (Å²) in [5.74, 6) is -0.257. The maximum atomic E-state index is 11.9. The predicted octanol–water partition coefficient (Wildman–Crippen LogP) is 3.46. The highest BCUT2D eigenvalue weighted by Crippen LogP contribution is 2.21. The van der Waals surface area contributed by atoms with E-state index >= 15 is 0 Å². The zero-order valence-electron chi connectivity index (χ0n) is 9.35. The zero-order valence-corrected chi connectivity index (χ0v) is 10.1. The first-order valence-corrected chi connectivity index (χ1v) is 5.64. The van der Waals surface area contributed by atoms with Crippen LogP contribution in [0.25, 0.3) is 0 Å². The van der Waals surface area contributed by atoms with Gasteiger partial charge in [-0.15, -0.1) is 0 Å². The number of nitrogens with zero attached hydrogens (tertiary/aromatic N) is 1. The van der Waals surface area contributed by atoms with Crippen molar-refractivity contribution in [3.8, 4) is 6.07 Å². The van der Waals surface area contributed by atoms with Crippen molar-refractivity contribution in [2.75, 3.05) is 5.32 Å². The first kappa shape index (κ1) is 12.2. The Hall–Kier alpha value is -2.31. The molecule has 0 aliphatic carbocycles. The zero-order chi connectivity index (χ0) is 13.0. The van der Waals surface area contributed by atoms with Crippen molar-refractivity contribution in [1.82, 2.24) is 0 Å². The SMILES string of the molecule is N#Cc1ccc(C(=O)Nc2ccccc2Cl)cc1. The largest absolute Gasteiger partial charge is 0.321 e. The fourth-order valence-electron chi connectivity index (χ4n) is 1.45. The van der Waals surface area contributed by atoms with Crippen molar-refractivity contribution < 1.29 is 4.79 Å². The monoisotopic (exact) mass is 256 g/mol. The van der Waals surface area contributed by atoms with Gasteiger partial charge in [0, 0.05) is 5.56 Å². The van der Waals surface area contributed by atoms with E-state index < -0.39 is 0 Å². The molecule has 18 heavy (non-hydrogen) atoms. The standard InChI is InChI=1S/C14H9ClN2O/c15-12-3-1-2-4-13(12)17-14(18)11-7-5-10(9-16)6-8-11/h1-8H,(H,17,18). The van der Waals surface area contributed by atoms with Gasteiger partial charge in [-0.2, -0.15) is 5.26 Å².